The zero-order chi connectivity index (χ0) is 41.4. The van der Waals surface area contributed by atoms with Crippen LogP contribution < -0.4 is 4.89 Å². The summed E-state index contributed by atoms with van der Waals surface area (Å²) in [5.41, 5.74) is 0. The second kappa shape index (κ2) is 37.5. The Hall–Kier alpha value is -3.07. The summed E-state index contributed by atoms with van der Waals surface area (Å²) in [6.07, 6.45) is 48.7. The number of unbranched alkanes of at least 4 members (excludes halogenated alkanes) is 6. The first kappa shape index (κ1) is 52.9. The maximum absolute atomic E-state index is 12.6. The molecule has 0 N–H and O–H groups in total. The van der Waals surface area contributed by atoms with Gasteiger partial charge in [-0.3, -0.25) is 14.2 Å². The van der Waals surface area contributed by atoms with E-state index < -0.39 is 32.5 Å². The molecule has 1 unspecified atom stereocenters. The van der Waals surface area contributed by atoms with Crippen molar-refractivity contribution < 1.29 is 42.1 Å². The number of hydrogen-bond donors (Lipinski definition) is 0. The van der Waals surface area contributed by atoms with Crippen LogP contribution >= 0.6 is 7.82 Å². The molecule has 318 valence electrons. The molecule has 10 heteroatoms. The van der Waals surface area contributed by atoms with Gasteiger partial charge in [0.05, 0.1) is 27.7 Å². The lowest BCUT2D eigenvalue weighted by Crippen LogP contribution is -2.37. The van der Waals surface area contributed by atoms with E-state index in [1.54, 1.807) is 0 Å². The monoisotopic (exact) mass is 802 g/mol. The Balaban J connectivity index is 4.54. The molecule has 0 spiro atoms. The summed E-state index contributed by atoms with van der Waals surface area (Å²) < 4.78 is 33.8. The SMILES string of the molecule is CC/C=C/C/C=C/C/C=C/C/C=C/C/C=C/CCCC(=O)O[C@H](COC(=O)CCCCCCC/C=C/C/C=C/C/C=C/CC)COP(=O)([O-])OCC[N+](C)(C)C. The Labute approximate surface area is 341 Å². The van der Waals surface area contributed by atoms with Crippen LogP contribution in [0.5, 0.6) is 0 Å². The molecule has 2 atom stereocenters. The van der Waals surface area contributed by atoms with E-state index in [2.05, 4.69) is 105 Å². The van der Waals surface area contributed by atoms with Gasteiger partial charge in [0.25, 0.3) is 7.82 Å². The van der Waals surface area contributed by atoms with E-state index in [1.807, 2.05) is 27.2 Å². The molecule has 0 radical (unpaired) electrons. The van der Waals surface area contributed by atoms with Crippen LogP contribution in [0.1, 0.15) is 129 Å². The molecule has 0 aliphatic heterocycles. The van der Waals surface area contributed by atoms with Crippen molar-refractivity contribution in [2.45, 2.75) is 136 Å². The maximum Gasteiger partial charge on any atom is 0.306 e. The fraction of sp³-hybridized carbons (Fsp3) is 0.609. The number of rotatable bonds is 36. The molecule has 0 rings (SSSR count). The number of allylic oxidation sites excluding steroid dienone is 16. The Bertz CT molecular complexity index is 1270. The van der Waals surface area contributed by atoms with Gasteiger partial charge in [0.15, 0.2) is 6.10 Å². The van der Waals surface area contributed by atoms with Crippen molar-refractivity contribution in [1.82, 2.24) is 0 Å². The molecule has 0 aromatic carbocycles. The van der Waals surface area contributed by atoms with Gasteiger partial charge in [0.2, 0.25) is 0 Å². The van der Waals surface area contributed by atoms with E-state index in [9.17, 15) is 19.0 Å². The van der Waals surface area contributed by atoms with Crippen LogP contribution in [0.15, 0.2) is 97.2 Å². The minimum absolute atomic E-state index is 0.0504. The number of carbonyl (C=O) groups is 2. The zero-order valence-corrected chi connectivity index (χ0v) is 36.4. The van der Waals surface area contributed by atoms with Gasteiger partial charge in [-0.25, -0.2) is 0 Å². The Kier molecular flexibility index (Phi) is 35.4. The lowest BCUT2D eigenvalue weighted by Gasteiger charge is -2.28. The lowest BCUT2D eigenvalue weighted by atomic mass is 10.1. The molecular formula is C46H76NO8P. The molecule has 0 aromatic rings. The first-order valence-corrected chi connectivity index (χ1v) is 22.4. The summed E-state index contributed by atoms with van der Waals surface area (Å²) in [7, 11) is 1.10. The van der Waals surface area contributed by atoms with Gasteiger partial charge in [-0.15, -0.1) is 0 Å². The smallest absolute Gasteiger partial charge is 0.306 e. The third-order valence-electron chi connectivity index (χ3n) is 8.10. The number of esters is 2. The molecule has 0 saturated carbocycles. The average molecular weight is 802 g/mol. The van der Waals surface area contributed by atoms with Crippen molar-refractivity contribution in [3.8, 4) is 0 Å². The average Bonchev–Trinajstić information content (AvgIpc) is 3.15. The fourth-order valence-corrected chi connectivity index (χ4v) is 5.61. The highest BCUT2D eigenvalue weighted by molar-refractivity contribution is 7.45. The Morgan fingerprint density at radius 1 is 0.554 bits per heavy atom. The van der Waals surface area contributed by atoms with Crippen molar-refractivity contribution in [2.24, 2.45) is 0 Å². The van der Waals surface area contributed by atoms with Crippen molar-refractivity contribution >= 4 is 19.8 Å². The Morgan fingerprint density at radius 2 is 0.982 bits per heavy atom. The van der Waals surface area contributed by atoms with E-state index >= 15 is 0 Å². The fourth-order valence-electron chi connectivity index (χ4n) is 4.88. The third kappa shape index (κ3) is 40.6. The molecule has 0 saturated heterocycles. The number of hydrogen-bond acceptors (Lipinski definition) is 8. The predicted molar refractivity (Wildman–Crippen MR) is 231 cm³/mol. The summed E-state index contributed by atoms with van der Waals surface area (Å²) in [6.45, 7) is 3.88. The van der Waals surface area contributed by atoms with E-state index in [0.717, 1.165) is 83.5 Å². The number of carbonyl (C=O) groups excluding carboxylic acids is 2. The number of nitrogens with zero attached hydrogens (tertiary/aromatic N) is 1. The topological polar surface area (TPSA) is 111 Å². The second-order valence-electron chi connectivity index (χ2n) is 14.6. The first-order chi connectivity index (χ1) is 27.0. The number of ether oxygens (including phenoxy) is 2. The molecule has 0 aromatic heterocycles. The van der Waals surface area contributed by atoms with Crippen molar-refractivity contribution in [2.75, 3.05) is 47.5 Å². The van der Waals surface area contributed by atoms with Crippen LogP contribution in [0.2, 0.25) is 0 Å². The van der Waals surface area contributed by atoms with E-state index in [1.165, 1.54) is 0 Å². The summed E-state index contributed by atoms with van der Waals surface area (Å²) in [5.74, 6) is -0.935. The molecule has 0 aliphatic rings. The quantitative estimate of drug-likeness (QED) is 0.0202. The van der Waals surface area contributed by atoms with Crippen LogP contribution in [-0.4, -0.2) is 70.0 Å². The summed E-state index contributed by atoms with van der Waals surface area (Å²) in [5, 5.41) is 0. The Morgan fingerprint density at radius 3 is 1.48 bits per heavy atom. The van der Waals surface area contributed by atoms with Crippen molar-refractivity contribution in [1.29, 1.82) is 0 Å². The molecule has 9 nitrogen and oxygen atoms in total. The van der Waals surface area contributed by atoms with E-state index in [0.29, 0.717) is 30.3 Å². The van der Waals surface area contributed by atoms with Gasteiger partial charge in [0.1, 0.15) is 19.8 Å². The van der Waals surface area contributed by atoms with Crippen LogP contribution in [0, 0.1) is 0 Å². The number of phosphoric acid groups is 1. The van der Waals surface area contributed by atoms with E-state index in [4.69, 9.17) is 18.5 Å². The largest absolute Gasteiger partial charge is 0.756 e. The zero-order valence-electron chi connectivity index (χ0n) is 35.5. The lowest BCUT2D eigenvalue weighted by molar-refractivity contribution is -0.870. The molecular weight excluding hydrogens is 725 g/mol. The summed E-state index contributed by atoms with van der Waals surface area (Å²) >= 11 is 0. The summed E-state index contributed by atoms with van der Waals surface area (Å²) in [4.78, 5) is 37.5. The molecule has 0 aliphatic carbocycles. The predicted octanol–water partition coefficient (Wildman–Crippen LogP) is 11.2. The highest BCUT2D eigenvalue weighted by Gasteiger charge is 2.21. The van der Waals surface area contributed by atoms with Gasteiger partial charge in [-0.1, -0.05) is 130 Å². The second-order valence-corrected chi connectivity index (χ2v) is 16.0. The third-order valence-corrected chi connectivity index (χ3v) is 9.06. The van der Waals surface area contributed by atoms with E-state index in [-0.39, 0.29) is 26.1 Å². The molecule has 0 bridgehead atoms. The van der Waals surface area contributed by atoms with Gasteiger partial charge >= 0.3 is 11.9 Å². The summed E-state index contributed by atoms with van der Waals surface area (Å²) in [6, 6.07) is 0. The molecule has 56 heavy (non-hydrogen) atoms. The van der Waals surface area contributed by atoms with Crippen molar-refractivity contribution in [3.63, 3.8) is 0 Å². The first-order valence-electron chi connectivity index (χ1n) is 20.9. The molecule has 0 fully saturated rings. The highest BCUT2D eigenvalue weighted by Crippen LogP contribution is 2.38. The minimum Gasteiger partial charge on any atom is -0.756 e. The molecule has 0 amide bonds. The highest BCUT2D eigenvalue weighted by atomic mass is 31.2. The van der Waals surface area contributed by atoms with Crippen LogP contribution in [0.3, 0.4) is 0 Å². The molecule has 0 heterocycles. The van der Waals surface area contributed by atoms with Crippen LogP contribution in [0.25, 0.3) is 0 Å². The standard InChI is InChI=1S/C46H76NO8P/c1-6-8-10-12-14-16-18-20-22-23-25-27-29-31-33-35-37-39-46(49)55-44(43-54-56(50,51)53-41-40-47(3,4)5)42-52-45(48)38-36-34-32-30-28-26-24-21-19-17-15-13-11-9-7-2/h8-11,14-17,20-22,24-25,27,31,33,44H,6-7,12-13,18-19,23,26,28-30,32,34-43H2,1-5H3/b10-8+,11-9+,16-14+,17-15+,22-20+,24-21+,27-25+,33-31+/t44-/m1/s1. The maximum atomic E-state index is 12.6. The van der Waals surface area contributed by atoms with Gasteiger partial charge in [-0.05, 0) is 83.5 Å². The van der Waals surface area contributed by atoms with Gasteiger partial charge in [0, 0.05) is 12.8 Å². The van der Waals surface area contributed by atoms with Crippen molar-refractivity contribution in [3.05, 3.63) is 97.2 Å². The number of likely N-dealkylation sites (N-methyl/N-ethyl adjacent to an activating group) is 1. The normalized spacial score (nSPS) is 14.6. The van der Waals surface area contributed by atoms with Crippen LogP contribution in [-0.2, 0) is 32.7 Å². The van der Waals surface area contributed by atoms with Gasteiger partial charge < -0.3 is 27.9 Å². The minimum atomic E-state index is -4.65. The number of phosphoric ester groups is 1. The van der Waals surface area contributed by atoms with Gasteiger partial charge in [-0.2, -0.15) is 0 Å². The van der Waals surface area contributed by atoms with Crippen LogP contribution in [0.4, 0.5) is 0 Å². The number of quaternary nitrogens is 1.